The van der Waals surface area contributed by atoms with Crippen LogP contribution in [0.25, 0.3) is 0 Å². The van der Waals surface area contributed by atoms with Crippen LogP contribution in [-0.4, -0.2) is 23.0 Å². The average molecular weight is 305 g/mol. The number of benzene rings is 2. The molecule has 1 atom stereocenters. The molecule has 0 fully saturated rings. The quantitative estimate of drug-likeness (QED) is 0.850. The molecule has 0 bridgehead atoms. The van der Waals surface area contributed by atoms with Gasteiger partial charge >= 0.3 is 0 Å². The zero-order chi connectivity index (χ0) is 15.0. The number of anilines is 1. The van der Waals surface area contributed by atoms with Crippen molar-refractivity contribution in [2.45, 2.75) is 6.23 Å². The molecule has 0 saturated heterocycles. The van der Waals surface area contributed by atoms with Crippen molar-refractivity contribution in [3.63, 3.8) is 0 Å². The number of carbonyl (C=O) groups is 1. The van der Waals surface area contributed by atoms with Crippen LogP contribution in [0, 0.1) is 5.82 Å². The van der Waals surface area contributed by atoms with Crippen molar-refractivity contribution in [1.29, 1.82) is 0 Å². The third-order valence-electron chi connectivity index (χ3n) is 3.11. The number of aliphatic hydroxyl groups is 1. The van der Waals surface area contributed by atoms with Gasteiger partial charge in [-0.25, -0.2) is 9.38 Å². The van der Waals surface area contributed by atoms with E-state index in [4.69, 9.17) is 11.6 Å². The Bertz CT molecular complexity index is 761. The molecule has 1 heterocycles. The summed E-state index contributed by atoms with van der Waals surface area (Å²) in [4.78, 5) is 15.7. The molecular weight excluding hydrogens is 295 g/mol. The Morgan fingerprint density at radius 3 is 2.71 bits per heavy atom. The summed E-state index contributed by atoms with van der Waals surface area (Å²) in [6.45, 7) is 0. The molecule has 2 aromatic carbocycles. The molecule has 106 valence electrons. The van der Waals surface area contributed by atoms with Gasteiger partial charge in [-0.1, -0.05) is 29.8 Å². The number of rotatable bonds is 1. The van der Waals surface area contributed by atoms with E-state index >= 15 is 0 Å². The van der Waals surface area contributed by atoms with Gasteiger partial charge in [0, 0.05) is 16.1 Å². The van der Waals surface area contributed by atoms with E-state index in [9.17, 15) is 14.3 Å². The zero-order valence-corrected chi connectivity index (χ0v) is 11.4. The normalized spacial score (nSPS) is 17.6. The third-order valence-corrected chi connectivity index (χ3v) is 3.44. The zero-order valence-electron chi connectivity index (χ0n) is 10.7. The maximum Gasteiger partial charge on any atom is 0.276 e. The van der Waals surface area contributed by atoms with Crippen molar-refractivity contribution < 1.29 is 14.3 Å². The van der Waals surface area contributed by atoms with Crippen LogP contribution in [0.15, 0.2) is 47.5 Å². The van der Waals surface area contributed by atoms with Crippen LogP contribution in [0.2, 0.25) is 5.02 Å². The number of hydrogen-bond acceptors (Lipinski definition) is 3. The van der Waals surface area contributed by atoms with Gasteiger partial charge in [-0.15, -0.1) is 0 Å². The number of hydrogen-bond donors (Lipinski definition) is 2. The summed E-state index contributed by atoms with van der Waals surface area (Å²) in [6.07, 6.45) is -1.58. The predicted octanol–water partition coefficient (Wildman–Crippen LogP) is 2.59. The standard InChI is InChI=1S/C15H10ClFN2O2/c16-11-4-2-1-3-9(11)13-10-7-8(17)5-6-12(10)18-14(20)15(21)19-13/h1-7,15,21H,(H,18,20). The summed E-state index contributed by atoms with van der Waals surface area (Å²) in [5.41, 5.74) is 1.52. The summed E-state index contributed by atoms with van der Waals surface area (Å²) >= 11 is 6.14. The number of nitrogens with one attached hydrogen (secondary N) is 1. The fourth-order valence-electron chi connectivity index (χ4n) is 2.14. The molecule has 0 aliphatic carbocycles. The molecule has 6 heteroatoms. The Hall–Kier alpha value is -2.24. The maximum absolute atomic E-state index is 13.5. The highest BCUT2D eigenvalue weighted by molar-refractivity contribution is 6.36. The van der Waals surface area contributed by atoms with Gasteiger partial charge in [0.25, 0.3) is 5.91 Å². The summed E-state index contributed by atoms with van der Waals surface area (Å²) < 4.78 is 13.5. The Morgan fingerprint density at radius 2 is 1.95 bits per heavy atom. The monoisotopic (exact) mass is 304 g/mol. The van der Waals surface area contributed by atoms with E-state index in [2.05, 4.69) is 10.3 Å². The van der Waals surface area contributed by atoms with Crippen LogP contribution in [0.5, 0.6) is 0 Å². The molecule has 3 rings (SSSR count). The first kappa shape index (κ1) is 13.7. The Labute approximate surface area is 124 Å². The van der Waals surface area contributed by atoms with Gasteiger partial charge in [-0.05, 0) is 24.3 Å². The lowest BCUT2D eigenvalue weighted by Gasteiger charge is -2.11. The number of nitrogens with zero attached hydrogens (tertiary/aromatic N) is 1. The second kappa shape index (κ2) is 5.27. The summed E-state index contributed by atoms with van der Waals surface area (Å²) in [7, 11) is 0. The van der Waals surface area contributed by atoms with Gasteiger partial charge in [-0.2, -0.15) is 0 Å². The molecule has 0 saturated carbocycles. The topological polar surface area (TPSA) is 61.7 Å². The third kappa shape index (κ3) is 2.53. The minimum absolute atomic E-state index is 0.265. The van der Waals surface area contributed by atoms with Crippen molar-refractivity contribution in [3.8, 4) is 0 Å². The van der Waals surface area contributed by atoms with Crippen LogP contribution in [0.3, 0.4) is 0 Å². The lowest BCUT2D eigenvalue weighted by molar-refractivity contribution is -0.123. The number of fused-ring (bicyclic) bond motifs is 1. The molecule has 0 radical (unpaired) electrons. The SMILES string of the molecule is O=C1Nc2ccc(F)cc2C(c2ccccc2Cl)=NC1O. The van der Waals surface area contributed by atoms with E-state index in [1.54, 1.807) is 24.3 Å². The Kier molecular flexibility index (Phi) is 3.45. The van der Waals surface area contributed by atoms with Crippen molar-refractivity contribution in [2.75, 3.05) is 5.32 Å². The summed E-state index contributed by atoms with van der Waals surface area (Å²) in [5, 5.41) is 12.7. The summed E-state index contributed by atoms with van der Waals surface area (Å²) in [5.74, 6) is -1.15. The van der Waals surface area contributed by atoms with E-state index in [0.29, 0.717) is 21.8 Å². The molecule has 1 aliphatic heterocycles. The second-order valence-electron chi connectivity index (χ2n) is 4.51. The van der Waals surface area contributed by atoms with Crippen molar-refractivity contribution in [2.24, 2.45) is 4.99 Å². The van der Waals surface area contributed by atoms with Crippen molar-refractivity contribution in [3.05, 3.63) is 64.4 Å². The molecule has 4 nitrogen and oxygen atoms in total. The summed E-state index contributed by atoms with van der Waals surface area (Å²) in [6, 6.07) is 10.7. The number of halogens is 2. The van der Waals surface area contributed by atoms with Crippen molar-refractivity contribution >= 4 is 28.9 Å². The van der Waals surface area contributed by atoms with E-state index in [-0.39, 0.29) is 5.71 Å². The van der Waals surface area contributed by atoms with E-state index in [1.165, 1.54) is 18.2 Å². The minimum atomic E-state index is -1.58. The van der Waals surface area contributed by atoms with E-state index in [0.717, 1.165) is 0 Å². The maximum atomic E-state index is 13.5. The molecule has 0 spiro atoms. The molecule has 1 unspecified atom stereocenters. The molecule has 21 heavy (non-hydrogen) atoms. The lowest BCUT2D eigenvalue weighted by Crippen LogP contribution is -2.24. The molecule has 2 N–H and O–H groups in total. The first-order valence-electron chi connectivity index (χ1n) is 6.18. The number of aliphatic hydroxyl groups excluding tert-OH is 1. The van der Waals surface area contributed by atoms with Crippen molar-refractivity contribution in [1.82, 2.24) is 0 Å². The minimum Gasteiger partial charge on any atom is -0.364 e. The lowest BCUT2D eigenvalue weighted by atomic mass is 10.0. The molecule has 0 aromatic heterocycles. The highest BCUT2D eigenvalue weighted by Gasteiger charge is 2.25. The number of amides is 1. The Morgan fingerprint density at radius 1 is 1.19 bits per heavy atom. The van der Waals surface area contributed by atoms with E-state index < -0.39 is 18.0 Å². The smallest absolute Gasteiger partial charge is 0.276 e. The van der Waals surface area contributed by atoms with Crippen LogP contribution < -0.4 is 5.32 Å². The number of carbonyl (C=O) groups excluding carboxylic acids is 1. The first-order valence-corrected chi connectivity index (χ1v) is 6.55. The highest BCUT2D eigenvalue weighted by Crippen LogP contribution is 2.27. The Balaban J connectivity index is 2.27. The predicted molar refractivity (Wildman–Crippen MR) is 78.1 cm³/mol. The first-order chi connectivity index (χ1) is 10.1. The fourth-order valence-corrected chi connectivity index (χ4v) is 2.36. The van der Waals surface area contributed by atoms with Gasteiger partial charge in [0.05, 0.1) is 11.4 Å². The van der Waals surface area contributed by atoms with Gasteiger partial charge in [0.15, 0.2) is 0 Å². The molecule has 2 aromatic rings. The molecular formula is C15H10ClFN2O2. The van der Waals surface area contributed by atoms with Crippen LogP contribution in [0.4, 0.5) is 10.1 Å². The number of aliphatic imine (C=N–C) groups is 1. The largest absolute Gasteiger partial charge is 0.364 e. The molecule has 1 amide bonds. The van der Waals surface area contributed by atoms with Crippen LogP contribution in [0.1, 0.15) is 11.1 Å². The van der Waals surface area contributed by atoms with Gasteiger partial charge in [0.2, 0.25) is 6.23 Å². The van der Waals surface area contributed by atoms with Crippen LogP contribution >= 0.6 is 11.6 Å². The second-order valence-corrected chi connectivity index (χ2v) is 4.92. The number of benzodiazepines with no additional fused rings is 1. The van der Waals surface area contributed by atoms with Gasteiger partial charge in [0.1, 0.15) is 5.82 Å². The van der Waals surface area contributed by atoms with Gasteiger partial charge in [-0.3, -0.25) is 4.79 Å². The van der Waals surface area contributed by atoms with Gasteiger partial charge < -0.3 is 10.4 Å². The van der Waals surface area contributed by atoms with Crippen LogP contribution in [-0.2, 0) is 4.79 Å². The average Bonchev–Trinajstić information content (AvgIpc) is 2.58. The molecule has 1 aliphatic rings. The van der Waals surface area contributed by atoms with E-state index in [1.807, 2.05) is 0 Å². The highest BCUT2D eigenvalue weighted by atomic mass is 35.5. The fraction of sp³-hybridized carbons (Fsp3) is 0.0667.